The number of methoxy groups -OCH3 is 1. The van der Waals surface area contributed by atoms with E-state index in [1.165, 1.54) is 11.3 Å². The Kier molecular flexibility index (Phi) is 6.84. The van der Waals surface area contributed by atoms with Crippen molar-refractivity contribution in [3.63, 3.8) is 0 Å². The molecule has 0 spiro atoms. The Morgan fingerprint density at radius 3 is 2.32 bits per heavy atom. The maximum absolute atomic E-state index is 12.5. The number of thiophene rings is 1. The van der Waals surface area contributed by atoms with E-state index in [1.54, 1.807) is 14.0 Å². The molecule has 0 saturated carbocycles. The van der Waals surface area contributed by atoms with Crippen LogP contribution in [0.4, 0.5) is 5.00 Å². The second kappa shape index (κ2) is 8.87. The number of ether oxygens (including phenoxy) is 2. The van der Waals surface area contributed by atoms with E-state index in [0.717, 1.165) is 41.4 Å². The van der Waals surface area contributed by atoms with Gasteiger partial charge in [0.15, 0.2) is 0 Å². The molecule has 0 radical (unpaired) electrons. The van der Waals surface area contributed by atoms with E-state index in [2.05, 4.69) is 18.7 Å². The highest BCUT2D eigenvalue weighted by molar-refractivity contribution is 7.17. The van der Waals surface area contributed by atoms with Crippen molar-refractivity contribution in [3.8, 4) is 16.9 Å². The molecule has 0 aliphatic rings. The van der Waals surface area contributed by atoms with Gasteiger partial charge in [-0.1, -0.05) is 26.0 Å². The van der Waals surface area contributed by atoms with Crippen LogP contribution >= 0.6 is 11.3 Å². The van der Waals surface area contributed by atoms with Crippen LogP contribution in [-0.2, 0) is 11.3 Å². The van der Waals surface area contributed by atoms with Crippen molar-refractivity contribution in [2.45, 2.75) is 27.3 Å². The molecule has 6 heteroatoms. The van der Waals surface area contributed by atoms with E-state index in [4.69, 9.17) is 15.2 Å². The summed E-state index contributed by atoms with van der Waals surface area (Å²) in [4.78, 5) is 15.9. The normalized spacial score (nSPS) is 10.9. The second-order valence-corrected chi connectivity index (χ2v) is 6.69. The van der Waals surface area contributed by atoms with Crippen molar-refractivity contribution in [2.24, 2.45) is 0 Å². The average Bonchev–Trinajstić information content (AvgIpc) is 2.95. The number of carbonyl (C=O) groups is 1. The molecule has 2 rings (SSSR count). The van der Waals surface area contributed by atoms with E-state index >= 15 is 0 Å². The van der Waals surface area contributed by atoms with E-state index in [-0.39, 0.29) is 5.97 Å². The number of nitrogens with two attached hydrogens (primary N) is 1. The van der Waals surface area contributed by atoms with E-state index in [9.17, 15) is 4.79 Å². The van der Waals surface area contributed by atoms with Gasteiger partial charge in [-0.3, -0.25) is 4.90 Å². The van der Waals surface area contributed by atoms with Gasteiger partial charge in [0.2, 0.25) is 0 Å². The number of benzene rings is 1. The van der Waals surface area contributed by atoms with Gasteiger partial charge in [0, 0.05) is 17.0 Å². The first-order chi connectivity index (χ1) is 12.0. The molecule has 2 aromatic rings. The summed E-state index contributed by atoms with van der Waals surface area (Å²) >= 11 is 1.46. The Bertz CT molecular complexity index is 706. The van der Waals surface area contributed by atoms with Gasteiger partial charge in [0.1, 0.15) is 16.3 Å². The zero-order valence-electron chi connectivity index (χ0n) is 15.3. The van der Waals surface area contributed by atoms with Crippen molar-refractivity contribution in [1.82, 2.24) is 4.90 Å². The number of hydrogen-bond donors (Lipinski definition) is 1. The molecule has 0 amide bonds. The summed E-state index contributed by atoms with van der Waals surface area (Å²) < 4.78 is 10.5. The molecular weight excluding hydrogens is 336 g/mol. The standard InChI is InChI=1S/C19H26N2O3S/c1-5-21(6-2)12-15-16(13-8-10-14(23-4)11-9-13)17(18(20)25-15)19(22)24-7-3/h8-11H,5-7,12,20H2,1-4H3. The molecule has 136 valence electrons. The Balaban J connectivity index is 2.55. The summed E-state index contributed by atoms with van der Waals surface area (Å²) in [7, 11) is 1.63. The first-order valence-corrected chi connectivity index (χ1v) is 9.32. The summed E-state index contributed by atoms with van der Waals surface area (Å²) in [5, 5.41) is 0.506. The Hall–Kier alpha value is -2.05. The van der Waals surface area contributed by atoms with Crippen molar-refractivity contribution in [1.29, 1.82) is 0 Å². The van der Waals surface area contributed by atoms with Crippen LogP contribution in [0.3, 0.4) is 0 Å². The summed E-state index contributed by atoms with van der Waals surface area (Å²) in [6.07, 6.45) is 0. The summed E-state index contributed by atoms with van der Waals surface area (Å²) in [5.41, 5.74) is 8.49. The topological polar surface area (TPSA) is 64.8 Å². The van der Waals surface area contributed by atoms with Gasteiger partial charge in [0.25, 0.3) is 0 Å². The SMILES string of the molecule is CCOC(=O)c1c(N)sc(CN(CC)CC)c1-c1ccc(OC)cc1. The van der Waals surface area contributed by atoms with Crippen molar-refractivity contribution >= 4 is 22.3 Å². The van der Waals surface area contributed by atoms with Crippen molar-refractivity contribution in [3.05, 3.63) is 34.7 Å². The number of hydrogen-bond acceptors (Lipinski definition) is 6. The third-order valence-corrected chi connectivity index (χ3v) is 5.13. The van der Waals surface area contributed by atoms with Gasteiger partial charge in [-0.15, -0.1) is 11.3 Å². The Labute approximate surface area is 153 Å². The molecular formula is C19H26N2O3S. The minimum absolute atomic E-state index is 0.321. The second-order valence-electron chi connectivity index (χ2n) is 5.55. The molecule has 0 saturated heterocycles. The van der Waals surface area contributed by atoms with Gasteiger partial charge in [-0.2, -0.15) is 0 Å². The van der Waals surface area contributed by atoms with Crippen LogP contribution in [0.15, 0.2) is 24.3 Å². The highest BCUT2D eigenvalue weighted by atomic mass is 32.1. The lowest BCUT2D eigenvalue weighted by atomic mass is 10.0. The smallest absolute Gasteiger partial charge is 0.341 e. The van der Waals surface area contributed by atoms with Crippen LogP contribution in [0.5, 0.6) is 5.75 Å². The number of anilines is 1. The van der Waals surface area contributed by atoms with Crippen LogP contribution in [0.25, 0.3) is 11.1 Å². The highest BCUT2D eigenvalue weighted by Crippen LogP contribution is 2.40. The highest BCUT2D eigenvalue weighted by Gasteiger charge is 2.25. The molecule has 0 aliphatic heterocycles. The molecule has 0 aliphatic carbocycles. The Morgan fingerprint density at radius 1 is 1.16 bits per heavy atom. The molecule has 1 aromatic carbocycles. The quantitative estimate of drug-likeness (QED) is 0.719. The predicted molar refractivity (Wildman–Crippen MR) is 103 cm³/mol. The monoisotopic (exact) mass is 362 g/mol. The molecule has 0 fully saturated rings. The number of rotatable bonds is 8. The van der Waals surface area contributed by atoms with Gasteiger partial charge in [-0.05, 0) is 37.7 Å². The van der Waals surface area contributed by atoms with E-state index < -0.39 is 0 Å². The minimum Gasteiger partial charge on any atom is -0.497 e. The maximum Gasteiger partial charge on any atom is 0.341 e. The van der Waals surface area contributed by atoms with Gasteiger partial charge in [-0.25, -0.2) is 4.79 Å². The lowest BCUT2D eigenvalue weighted by molar-refractivity contribution is 0.0529. The van der Waals surface area contributed by atoms with Crippen LogP contribution in [-0.4, -0.2) is 37.7 Å². The van der Waals surface area contributed by atoms with Gasteiger partial charge < -0.3 is 15.2 Å². The van der Waals surface area contributed by atoms with Crippen LogP contribution in [0.1, 0.15) is 36.0 Å². The molecule has 0 unspecified atom stereocenters. The summed E-state index contributed by atoms with van der Waals surface area (Å²) in [5.74, 6) is 0.405. The first kappa shape index (κ1) is 19.3. The summed E-state index contributed by atoms with van der Waals surface area (Å²) in [6, 6.07) is 7.68. The number of carbonyl (C=O) groups excluding carboxylic acids is 1. The van der Waals surface area contributed by atoms with Crippen LogP contribution < -0.4 is 10.5 Å². The lowest BCUT2D eigenvalue weighted by Crippen LogP contribution is -2.22. The first-order valence-electron chi connectivity index (χ1n) is 8.50. The lowest BCUT2D eigenvalue weighted by Gasteiger charge is -2.18. The van der Waals surface area contributed by atoms with E-state index in [0.29, 0.717) is 17.2 Å². The minimum atomic E-state index is -0.368. The molecule has 2 N–H and O–H groups in total. The third kappa shape index (κ3) is 4.32. The molecule has 25 heavy (non-hydrogen) atoms. The van der Waals surface area contributed by atoms with Gasteiger partial charge >= 0.3 is 5.97 Å². The predicted octanol–water partition coefficient (Wildman–Crippen LogP) is 4.02. The molecule has 0 bridgehead atoms. The van der Waals surface area contributed by atoms with Crippen LogP contribution in [0.2, 0.25) is 0 Å². The fourth-order valence-corrected chi connectivity index (χ4v) is 3.85. The molecule has 1 aromatic heterocycles. The third-order valence-electron chi connectivity index (χ3n) is 4.13. The number of nitrogens with zero attached hydrogens (tertiary/aromatic N) is 1. The maximum atomic E-state index is 12.5. The Morgan fingerprint density at radius 2 is 1.80 bits per heavy atom. The zero-order valence-corrected chi connectivity index (χ0v) is 16.1. The molecule has 5 nitrogen and oxygen atoms in total. The fourth-order valence-electron chi connectivity index (χ4n) is 2.73. The van der Waals surface area contributed by atoms with Crippen molar-refractivity contribution < 1.29 is 14.3 Å². The van der Waals surface area contributed by atoms with Crippen LogP contribution in [0, 0.1) is 0 Å². The molecule has 1 heterocycles. The molecule has 0 atom stereocenters. The average molecular weight is 362 g/mol. The summed E-state index contributed by atoms with van der Waals surface area (Å²) in [6.45, 7) is 8.99. The number of nitrogen functional groups attached to an aromatic ring is 1. The van der Waals surface area contributed by atoms with Gasteiger partial charge in [0.05, 0.1) is 13.7 Å². The van der Waals surface area contributed by atoms with Crippen molar-refractivity contribution in [2.75, 3.05) is 32.5 Å². The zero-order chi connectivity index (χ0) is 18.4. The largest absolute Gasteiger partial charge is 0.497 e. The fraction of sp³-hybridized carbons (Fsp3) is 0.421. The van der Waals surface area contributed by atoms with E-state index in [1.807, 2.05) is 24.3 Å². The number of esters is 1.